The zero-order valence-corrected chi connectivity index (χ0v) is 10.0. The number of hydrogen-bond donors (Lipinski definition) is 1. The van der Waals surface area contributed by atoms with Crippen molar-refractivity contribution < 1.29 is 19.1 Å². The van der Waals surface area contributed by atoms with Gasteiger partial charge in [-0.3, -0.25) is 19.3 Å². The topological polar surface area (TPSA) is 75.7 Å². The highest BCUT2D eigenvalue weighted by molar-refractivity contribution is 5.96. The predicted octanol–water partition coefficient (Wildman–Crippen LogP) is -0.669. The standard InChI is InChI=1S/C11H18N2O4/c1-2-17-11(16)6-9(14)7-13-5-3-4-12-10(15)8-13/h2-8H2,1H3,(H,12,15). The van der Waals surface area contributed by atoms with Crippen molar-refractivity contribution in [2.24, 2.45) is 0 Å². The number of nitrogens with one attached hydrogen (secondary N) is 1. The van der Waals surface area contributed by atoms with Gasteiger partial charge in [-0.25, -0.2) is 0 Å². The molecule has 1 aliphatic rings. The smallest absolute Gasteiger partial charge is 0.313 e. The molecule has 1 amide bonds. The lowest BCUT2D eigenvalue weighted by Crippen LogP contribution is -2.36. The van der Waals surface area contributed by atoms with Crippen molar-refractivity contribution in [3.8, 4) is 0 Å². The van der Waals surface area contributed by atoms with Crippen LogP contribution in [0.1, 0.15) is 19.8 Å². The summed E-state index contributed by atoms with van der Waals surface area (Å²) in [5.74, 6) is -0.790. The van der Waals surface area contributed by atoms with E-state index in [2.05, 4.69) is 10.1 Å². The number of ketones is 1. The minimum atomic E-state index is -0.503. The fourth-order valence-electron chi connectivity index (χ4n) is 1.68. The summed E-state index contributed by atoms with van der Waals surface area (Å²) in [7, 11) is 0. The third-order valence-electron chi connectivity index (χ3n) is 2.39. The average Bonchev–Trinajstić information content (AvgIpc) is 2.42. The van der Waals surface area contributed by atoms with Crippen LogP contribution in [0.15, 0.2) is 0 Å². The second-order valence-corrected chi connectivity index (χ2v) is 3.93. The number of esters is 1. The van der Waals surface area contributed by atoms with Crippen LogP contribution in [0.2, 0.25) is 0 Å². The maximum absolute atomic E-state index is 11.5. The maximum atomic E-state index is 11.5. The van der Waals surface area contributed by atoms with E-state index in [1.54, 1.807) is 11.8 Å². The second kappa shape index (κ2) is 7.01. The second-order valence-electron chi connectivity index (χ2n) is 3.93. The lowest BCUT2D eigenvalue weighted by atomic mass is 10.2. The van der Waals surface area contributed by atoms with Crippen LogP contribution in [0.25, 0.3) is 0 Å². The van der Waals surface area contributed by atoms with Crippen LogP contribution < -0.4 is 5.32 Å². The van der Waals surface area contributed by atoms with E-state index in [-0.39, 0.29) is 37.8 Å². The Kier molecular flexibility index (Phi) is 5.62. The van der Waals surface area contributed by atoms with Crippen molar-refractivity contribution in [1.82, 2.24) is 10.2 Å². The summed E-state index contributed by atoms with van der Waals surface area (Å²) in [5.41, 5.74) is 0. The van der Waals surface area contributed by atoms with Crippen LogP contribution in [0.4, 0.5) is 0 Å². The van der Waals surface area contributed by atoms with Gasteiger partial charge in [0.15, 0.2) is 5.78 Å². The average molecular weight is 242 g/mol. The first kappa shape index (κ1) is 13.6. The summed E-state index contributed by atoms with van der Waals surface area (Å²) in [6, 6.07) is 0. The van der Waals surface area contributed by atoms with Crippen molar-refractivity contribution in [3.05, 3.63) is 0 Å². The fourth-order valence-corrected chi connectivity index (χ4v) is 1.68. The number of ether oxygens (including phenoxy) is 1. The number of nitrogens with zero attached hydrogens (tertiary/aromatic N) is 1. The molecular formula is C11H18N2O4. The Labute approximate surface area is 100 Å². The van der Waals surface area contributed by atoms with Crippen molar-refractivity contribution in [2.45, 2.75) is 19.8 Å². The van der Waals surface area contributed by atoms with Crippen molar-refractivity contribution in [2.75, 3.05) is 32.8 Å². The van der Waals surface area contributed by atoms with Gasteiger partial charge >= 0.3 is 5.97 Å². The normalized spacial score (nSPS) is 17.1. The molecule has 1 N–H and O–H groups in total. The predicted molar refractivity (Wildman–Crippen MR) is 60.3 cm³/mol. The van der Waals surface area contributed by atoms with E-state index in [1.807, 2.05) is 0 Å². The van der Waals surface area contributed by atoms with Gasteiger partial charge in [-0.05, 0) is 13.3 Å². The fraction of sp³-hybridized carbons (Fsp3) is 0.727. The zero-order valence-electron chi connectivity index (χ0n) is 10.0. The third kappa shape index (κ3) is 5.44. The number of carbonyl (C=O) groups is 3. The molecule has 17 heavy (non-hydrogen) atoms. The Bertz CT molecular complexity index is 304. The van der Waals surface area contributed by atoms with E-state index in [0.29, 0.717) is 13.1 Å². The highest BCUT2D eigenvalue weighted by Gasteiger charge is 2.18. The summed E-state index contributed by atoms with van der Waals surface area (Å²) in [5, 5.41) is 2.73. The van der Waals surface area contributed by atoms with Gasteiger partial charge in [0.05, 0.1) is 19.7 Å². The van der Waals surface area contributed by atoms with Gasteiger partial charge in [-0.15, -0.1) is 0 Å². The molecule has 6 nitrogen and oxygen atoms in total. The minimum Gasteiger partial charge on any atom is -0.466 e. The molecule has 1 rings (SSSR count). The van der Waals surface area contributed by atoms with Crippen LogP contribution in [-0.4, -0.2) is 55.3 Å². The highest BCUT2D eigenvalue weighted by Crippen LogP contribution is 1.98. The number of amides is 1. The SMILES string of the molecule is CCOC(=O)CC(=O)CN1CCCNC(=O)C1. The van der Waals surface area contributed by atoms with Gasteiger partial charge in [0, 0.05) is 13.1 Å². The molecule has 1 heterocycles. The van der Waals surface area contributed by atoms with Crippen LogP contribution >= 0.6 is 0 Å². The van der Waals surface area contributed by atoms with Gasteiger partial charge in [-0.1, -0.05) is 0 Å². The van der Waals surface area contributed by atoms with Gasteiger partial charge < -0.3 is 10.1 Å². The Morgan fingerprint density at radius 3 is 2.94 bits per heavy atom. The van der Waals surface area contributed by atoms with Crippen LogP contribution in [0, 0.1) is 0 Å². The molecule has 0 atom stereocenters. The van der Waals surface area contributed by atoms with Gasteiger partial charge in [0.1, 0.15) is 6.42 Å². The molecule has 1 aliphatic heterocycles. The van der Waals surface area contributed by atoms with Crippen LogP contribution in [0.3, 0.4) is 0 Å². The first-order chi connectivity index (χ1) is 8.11. The minimum absolute atomic E-state index is 0.0774. The highest BCUT2D eigenvalue weighted by atomic mass is 16.5. The summed E-state index contributed by atoms with van der Waals surface area (Å²) in [4.78, 5) is 35.6. The van der Waals surface area contributed by atoms with Crippen LogP contribution in [-0.2, 0) is 19.1 Å². The van der Waals surface area contributed by atoms with Gasteiger partial charge in [0.2, 0.25) is 5.91 Å². The molecule has 0 radical (unpaired) electrons. The summed E-state index contributed by atoms with van der Waals surface area (Å²) in [6.07, 6.45) is 0.602. The van der Waals surface area contributed by atoms with E-state index in [4.69, 9.17) is 0 Å². The summed E-state index contributed by atoms with van der Waals surface area (Å²) in [6.45, 7) is 3.65. The maximum Gasteiger partial charge on any atom is 0.313 e. The number of hydrogen-bond acceptors (Lipinski definition) is 5. The van der Waals surface area contributed by atoms with Crippen LogP contribution in [0.5, 0.6) is 0 Å². The quantitative estimate of drug-likeness (QED) is 0.511. The van der Waals surface area contributed by atoms with E-state index in [1.165, 1.54) is 0 Å². The van der Waals surface area contributed by atoms with Crippen molar-refractivity contribution in [1.29, 1.82) is 0 Å². The molecule has 0 saturated carbocycles. The van der Waals surface area contributed by atoms with Crippen molar-refractivity contribution in [3.63, 3.8) is 0 Å². The van der Waals surface area contributed by atoms with Gasteiger partial charge in [-0.2, -0.15) is 0 Å². The Balaban J connectivity index is 2.34. The third-order valence-corrected chi connectivity index (χ3v) is 2.39. The molecule has 0 aromatic heterocycles. The molecule has 0 aliphatic carbocycles. The first-order valence-electron chi connectivity index (χ1n) is 5.78. The molecule has 0 aromatic carbocycles. The van der Waals surface area contributed by atoms with E-state index < -0.39 is 5.97 Å². The van der Waals surface area contributed by atoms with E-state index in [9.17, 15) is 14.4 Å². The Hall–Kier alpha value is -1.43. The largest absolute Gasteiger partial charge is 0.466 e. The number of Topliss-reactive ketones (excluding diaryl/α,β-unsaturated/α-hetero) is 1. The van der Waals surface area contributed by atoms with E-state index >= 15 is 0 Å². The van der Waals surface area contributed by atoms with Crippen molar-refractivity contribution >= 4 is 17.7 Å². The van der Waals surface area contributed by atoms with Gasteiger partial charge in [0.25, 0.3) is 0 Å². The lowest BCUT2D eigenvalue weighted by molar-refractivity contribution is -0.145. The molecule has 1 fully saturated rings. The first-order valence-corrected chi connectivity index (χ1v) is 5.78. The molecule has 96 valence electrons. The molecule has 0 aromatic rings. The number of carbonyl (C=O) groups excluding carboxylic acids is 3. The molecule has 0 bridgehead atoms. The molecule has 1 saturated heterocycles. The molecule has 0 spiro atoms. The number of rotatable bonds is 5. The Morgan fingerprint density at radius 1 is 1.47 bits per heavy atom. The zero-order chi connectivity index (χ0) is 12.7. The molecule has 6 heteroatoms. The lowest BCUT2D eigenvalue weighted by Gasteiger charge is -2.16. The van der Waals surface area contributed by atoms with E-state index in [0.717, 1.165) is 6.42 Å². The Morgan fingerprint density at radius 2 is 2.24 bits per heavy atom. The summed E-state index contributed by atoms with van der Waals surface area (Å²) < 4.78 is 4.69. The summed E-state index contributed by atoms with van der Waals surface area (Å²) >= 11 is 0. The molecule has 0 unspecified atom stereocenters. The monoisotopic (exact) mass is 242 g/mol. The molecular weight excluding hydrogens is 224 g/mol.